The molecule has 0 saturated carbocycles. The van der Waals surface area contributed by atoms with E-state index in [1.165, 1.54) is 10.8 Å². The van der Waals surface area contributed by atoms with Gasteiger partial charge in [0.25, 0.3) is 0 Å². The lowest BCUT2D eigenvalue weighted by Crippen LogP contribution is -2.40. The van der Waals surface area contributed by atoms with E-state index in [0.717, 1.165) is 17.1 Å². The van der Waals surface area contributed by atoms with Crippen molar-refractivity contribution in [1.82, 2.24) is 11.1 Å². The van der Waals surface area contributed by atoms with Gasteiger partial charge in [0.1, 0.15) is 5.75 Å². The Kier molecular flexibility index (Phi) is 4.38. The quantitative estimate of drug-likeness (QED) is 0.415. The summed E-state index contributed by atoms with van der Waals surface area (Å²) in [6.07, 6.45) is 0. The van der Waals surface area contributed by atoms with E-state index in [1.54, 1.807) is 7.11 Å². The molecule has 5 nitrogen and oxygen atoms in total. The number of hydrogen-bond acceptors (Lipinski definition) is 5. The van der Waals surface area contributed by atoms with Gasteiger partial charge in [-0.05, 0) is 47.2 Å². The molecular weight excluding hydrogens is 276 g/mol. The summed E-state index contributed by atoms with van der Waals surface area (Å²) in [4.78, 5) is 0. The lowest BCUT2D eigenvalue weighted by atomic mass is 10.1. The molecule has 0 aliphatic heterocycles. The fraction of sp³-hybridized carbons (Fsp3) is 0.0588. The Labute approximate surface area is 129 Å². The summed E-state index contributed by atoms with van der Waals surface area (Å²) in [7, 11) is 1.65. The van der Waals surface area contributed by atoms with E-state index >= 15 is 0 Å². The number of fused-ring (bicyclic) bond motifs is 1. The molecule has 0 aliphatic carbocycles. The monoisotopic (exact) mass is 294 g/mol. The van der Waals surface area contributed by atoms with Crippen LogP contribution in [0, 0.1) is 0 Å². The Hall–Kier alpha value is -2.76. The van der Waals surface area contributed by atoms with Crippen molar-refractivity contribution in [3.05, 3.63) is 66.7 Å². The van der Waals surface area contributed by atoms with Gasteiger partial charge in [0.05, 0.1) is 18.5 Å². The summed E-state index contributed by atoms with van der Waals surface area (Å²) in [6, 6.07) is 22.0. The maximum absolute atomic E-state index is 5.11. The van der Waals surface area contributed by atoms with Gasteiger partial charge < -0.3 is 15.6 Å². The molecule has 0 bridgehead atoms. The Bertz CT molecular complexity index is 743. The van der Waals surface area contributed by atoms with Crippen molar-refractivity contribution in [2.75, 3.05) is 18.0 Å². The van der Waals surface area contributed by atoms with Crippen molar-refractivity contribution < 1.29 is 4.74 Å². The highest BCUT2D eigenvalue weighted by atomic mass is 16.5. The minimum Gasteiger partial charge on any atom is -0.497 e. The third-order valence-electron chi connectivity index (χ3n) is 3.32. The van der Waals surface area contributed by atoms with E-state index in [-0.39, 0.29) is 0 Å². The Balaban J connectivity index is 1.51. The van der Waals surface area contributed by atoms with E-state index in [9.17, 15) is 0 Å². The van der Waals surface area contributed by atoms with Crippen LogP contribution in [0.3, 0.4) is 0 Å². The molecule has 4 N–H and O–H groups in total. The minimum atomic E-state index is 0.827. The lowest BCUT2D eigenvalue weighted by molar-refractivity contribution is 0.415. The average molecular weight is 294 g/mol. The molecule has 22 heavy (non-hydrogen) atoms. The van der Waals surface area contributed by atoms with Gasteiger partial charge in [-0.15, -0.1) is 0 Å². The fourth-order valence-corrected chi connectivity index (χ4v) is 2.15. The molecule has 0 atom stereocenters. The van der Waals surface area contributed by atoms with Crippen molar-refractivity contribution in [3.8, 4) is 5.75 Å². The van der Waals surface area contributed by atoms with Crippen molar-refractivity contribution in [3.63, 3.8) is 0 Å². The first-order valence-electron chi connectivity index (χ1n) is 7.00. The van der Waals surface area contributed by atoms with E-state index < -0.39 is 0 Å². The molecule has 0 radical (unpaired) electrons. The second-order valence-corrected chi connectivity index (χ2v) is 4.79. The molecule has 112 valence electrons. The summed E-state index contributed by atoms with van der Waals surface area (Å²) in [5.74, 6) is 0.827. The molecule has 0 spiro atoms. The van der Waals surface area contributed by atoms with Crippen LogP contribution in [0.4, 0.5) is 11.4 Å². The fourth-order valence-electron chi connectivity index (χ4n) is 2.15. The van der Waals surface area contributed by atoms with Gasteiger partial charge in [-0.3, -0.25) is 0 Å². The van der Waals surface area contributed by atoms with Crippen molar-refractivity contribution in [2.24, 2.45) is 0 Å². The normalized spacial score (nSPS) is 10.4. The van der Waals surface area contributed by atoms with Crippen LogP contribution in [-0.2, 0) is 0 Å². The molecule has 3 rings (SSSR count). The van der Waals surface area contributed by atoms with E-state index in [1.807, 2.05) is 42.5 Å². The second-order valence-electron chi connectivity index (χ2n) is 4.79. The molecule has 5 heteroatoms. The standard InChI is InChI=1S/C17H18N4O/c1-22-17-10-8-15(9-11-17)18-20-21-19-16-7-6-13-4-2-3-5-14(13)12-16/h2-12,18-21H,1H3. The predicted molar refractivity (Wildman–Crippen MR) is 90.5 cm³/mol. The number of benzene rings is 3. The lowest BCUT2D eigenvalue weighted by Gasteiger charge is -2.12. The molecule has 0 unspecified atom stereocenters. The maximum atomic E-state index is 5.11. The molecule has 0 fully saturated rings. The van der Waals surface area contributed by atoms with Crippen molar-refractivity contribution in [1.29, 1.82) is 0 Å². The van der Waals surface area contributed by atoms with Crippen molar-refractivity contribution >= 4 is 22.1 Å². The summed E-state index contributed by atoms with van der Waals surface area (Å²) in [5, 5.41) is 2.41. The minimum absolute atomic E-state index is 0.827. The van der Waals surface area contributed by atoms with Crippen LogP contribution in [0.15, 0.2) is 66.7 Å². The molecule has 0 aliphatic rings. The number of nitrogens with one attached hydrogen (secondary N) is 4. The number of hydrogen-bond donors (Lipinski definition) is 4. The Morgan fingerprint density at radius 3 is 2.05 bits per heavy atom. The topological polar surface area (TPSA) is 57.4 Å². The van der Waals surface area contributed by atoms with Crippen molar-refractivity contribution in [2.45, 2.75) is 0 Å². The van der Waals surface area contributed by atoms with Gasteiger partial charge in [0.2, 0.25) is 0 Å². The first-order chi connectivity index (χ1) is 10.8. The average Bonchev–Trinajstić information content (AvgIpc) is 2.59. The Morgan fingerprint density at radius 2 is 1.32 bits per heavy atom. The van der Waals surface area contributed by atoms with Gasteiger partial charge in [-0.25, -0.2) is 0 Å². The third-order valence-corrected chi connectivity index (χ3v) is 3.32. The van der Waals surface area contributed by atoms with Gasteiger partial charge in [-0.1, -0.05) is 30.3 Å². The summed E-state index contributed by atoms with van der Waals surface area (Å²) in [6.45, 7) is 0. The van der Waals surface area contributed by atoms with Crippen LogP contribution < -0.4 is 26.7 Å². The van der Waals surface area contributed by atoms with Crippen LogP contribution in [0.2, 0.25) is 0 Å². The zero-order valence-electron chi connectivity index (χ0n) is 12.3. The molecule has 3 aromatic carbocycles. The van der Waals surface area contributed by atoms with Crippen LogP contribution in [0.1, 0.15) is 0 Å². The summed E-state index contributed by atoms with van der Waals surface area (Å²) >= 11 is 0. The highest BCUT2D eigenvalue weighted by Gasteiger charge is 1.95. The van der Waals surface area contributed by atoms with Crippen LogP contribution in [0.5, 0.6) is 5.75 Å². The second kappa shape index (κ2) is 6.80. The summed E-state index contributed by atoms with van der Waals surface area (Å²) in [5.41, 5.74) is 13.8. The molecule has 0 saturated heterocycles. The van der Waals surface area contributed by atoms with Gasteiger partial charge in [0, 0.05) is 0 Å². The largest absolute Gasteiger partial charge is 0.497 e. The molecule has 0 heterocycles. The number of methoxy groups -OCH3 is 1. The number of ether oxygens (including phenoxy) is 1. The zero-order chi connectivity index (χ0) is 15.2. The third kappa shape index (κ3) is 3.46. The molecule has 0 aromatic heterocycles. The van der Waals surface area contributed by atoms with Gasteiger partial charge in [-0.2, -0.15) is 11.1 Å². The van der Waals surface area contributed by atoms with Crippen LogP contribution in [0.25, 0.3) is 10.8 Å². The number of anilines is 2. The highest BCUT2D eigenvalue weighted by molar-refractivity contribution is 5.85. The van der Waals surface area contributed by atoms with Crippen LogP contribution >= 0.6 is 0 Å². The van der Waals surface area contributed by atoms with E-state index in [0.29, 0.717) is 0 Å². The summed E-state index contributed by atoms with van der Waals surface area (Å²) < 4.78 is 5.11. The number of hydrazine groups is 3. The molecular formula is C17H18N4O. The first kappa shape index (κ1) is 14.2. The van der Waals surface area contributed by atoms with Crippen LogP contribution in [-0.4, -0.2) is 7.11 Å². The molecule has 3 aromatic rings. The zero-order valence-corrected chi connectivity index (χ0v) is 12.3. The SMILES string of the molecule is COc1ccc(NNNNc2ccc3ccccc3c2)cc1. The Morgan fingerprint density at radius 1 is 0.682 bits per heavy atom. The predicted octanol–water partition coefficient (Wildman–Crippen LogP) is 3.30. The highest BCUT2D eigenvalue weighted by Crippen LogP contribution is 2.18. The smallest absolute Gasteiger partial charge is 0.119 e. The van der Waals surface area contributed by atoms with E-state index in [4.69, 9.17) is 4.74 Å². The van der Waals surface area contributed by atoms with Gasteiger partial charge in [0.15, 0.2) is 0 Å². The number of rotatable bonds is 6. The molecule has 0 amide bonds. The van der Waals surface area contributed by atoms with Gasteiger partial charge >= 0.3 is 0 Å². The first-order valence-corrected chi connectivity index (χ1v) is 7.00. The van der Waals surface area contributed by atoms with E-state index in [2.05, 4.69) is 46.2 Å². The maximum Gasteiger partial charge on any atom is 0.119 e.